The first kappa shape index (κ1) is 17.7. The first-order valence-corrected chi connectivity index (χ1v) is 12.4. The summed E-state index contributed by atoms with van der Waals surface area (Å²) in [6.45, 7) is 7.71. The Balaban J connectivity index is 1.69. The van der Waals surface area contributed by atoms with Gasteiger partial charge < -0.3 is 4.42 Å². The topological polar surface area (TPSA) is 38.9 Å². The first-order valence-electron chi connectivity index (χ1n) is 14.9. The lowest BCUT2D eigenvalue weighted by atomic mass is 9.82. The molecule has 0 aliphatic carbocycles. The number of furan rings is 1. The van der Waals surface area contributed by atoms with Crippen molar-refractivity contribution in [3.8, 4) is 11.3 Å². The SMILES string of the molecule is [2H]C([2H])([2H])c1nc(-c2cc(C(C)(C)C)c3ccccc3c2)c2c(n1)oc1c3ccc(C([2H])([2H])C(C)C)cc3ccc12. The fourth-order valence-corrected chi connectivity index (χ4v) is 5.16. The van der Waals surface area contributed by atoms with E-state index in [9.17, 15) is 0 Å². The van der Waals surface area contributed by atoms with Gasteiger partial charge in [0.2, 0.25) is 5.71 Å². The maximum Gasteiger partial charge on any atom is 0.231 e. The van der Waals surface area contributed by atoms with Crippen molar-refractivity contribution in [2.45, 2.75) is 53.3 Å². The van der Waals surface area contributed by atoms with Gasteiger partial charge in [-0.2, -0.15) is 4.98 Å². The van der Waals surface area contributed by atoms with Crippen LogP contribution in [0, 0.1) is 12.8 Å². The van der Waals surface area contributed by atoms with Crippen molar-refractivity contribution < 1.29 is 11.3 Å². The summed E-state index contributed by atoms with van der Waals surface area (Å²) in [5.74, 6) is -0.452. The zero-order valence-corrected chi connectivity index (χ0v) is 21.2. The van der Waals surface area contributed by atoms with Gasteiger partial charge in [0.25, 0.3) is 0 Å². The van der Waals surface area contributed by atoms with Gasteiger partial charge in [-0.25, -0.2) is 4.98 Å². The summed E-state index contributed by atoms with van der Waals surface area (Å²) in [6.07, 6.45) is -1.48. The van der Waals surface area contributed by atoms with Crippen LogP contribution in [0.5, 0.6) is 0 Å². The molecule has 0 saturated heterocycles. The molecule has 36 heavy (non-hydrogen) atoms. The van der Waals surface area contributed by atoms with Crippen LogP contribution in [0.15, 0.2) is 71.1 Å². The van der Waals surface area contributed by atoms with E-state index in [1.807, 2.05) is 50.2 Å². The average Bonchev–Trinajstić information content (AvgIpc) is 3.29. The Labute approximate surface area is 219 Å². The Hall–Kier alpha value is -3.72. The second kappa shape index (κ2) is 8.16. The van der Waals surface area contributed by atoms with Gasteiger partial charge in [0.1, 0.15) is 11.4 Å². The molecule has 0 bridgehead atoms. The molecule has 3 heteroatoms. The predicted molar refractivity (Wildman–Crippen MR) is 152 cm³/mol. The molecule has 2 heterocycles. The Kier molecular flexibility index (Phi) is 4.01. The van der Waals surface area contributed by atoms with Crippen LogP contribution in [0.2, 0.25) is 0 Å². The molecule has 6 rings (SSSR count). The molecular weight excluding hydrogens is 440 g/mol. The van der Waals surface area contributed by atoms with E-state index >= 15 is 0 Å². The molecule has 0 aliphatic heterocycles. The number of aryl methyl sites for hydroxylation is 1. The predicted octanol–water partition coefficient (Wildman–Crippen LogP) is 9.15. The normalized spacial score (nSPS) is 15.3. The summed E-state index contributed by atoms with van der Waals surface area (Å²) in [7, 11) is 0. The number of aromatic nitrogens is 2. The van der Waals surface area contributed by atoms with E-state index in [4.69, 9.17) is 11.3 Å². The number of nitrogens with zero attached hydrogens (tertiary/aromatic N) is 2. The van der Waals surface area contributed by atoms with Crippen molar-refractivity contribution in [3.05, 3.63) is 83.7 Å². The standard InChI is InChI=1S/C33H32N2O/c1-19(2)15-21-11-13-26-23(16-21)12-14-27-29-30(34-20(3)35-32(29)36-31(26)27)24-17-22-9-7-8-10-25(22)28(18-24)33(4,5)6/h7-14,16-19H,15H2,1-6H3/i3D3,15D2. The highest BCUT2D eigenvalue weighted by atomic mass is 16.3. The molecule has 0 saturated carbocycles. The number of hydrogen-bond donors (Lipinski definition) is 0. The zero-order chi connectivity index (χ0) is 29.5. The van der Waals surface area contributed by atoms with Crippen LogP contribution in [-0.2, 0) is 11.8 Å². The highest BCUT2D eigenvalue weighted by Gasteiger charge is 2.22. The van der Waals surface area contributed by atoms with Crippen molar-refractivity contribution in [1.82, 2.24) is 9.97 Å². The fourth-order valence-electron chi connectivity index (χ4n) is 5.16. The first-order chi connectivity index (χ1) is 19.2. The van der Waals surface area contributed by atoms with Crippen molar-refractivity contribution in [2.75, 3.05) is 0 Å². The lowest BCUT2D eigenvalue weighted by molar-refractivity contribution is 0.596. The Morgan fingerprint density at radius 3 is 2.44 bits per heavy atom. The molecule has 2 aromatic heterocycles. The van der Waals surface area contributed by atoms with Gasteiger partial charge in [-0.05, 0) is 70.0 Å². The molecule has 0 unspecified atom stereocenters. The quantitative estimate of drug-likeness (QED) is 0.255. The van der Waals surface area contributed by atoms with Crippen LogP contribution in [0.4, 0.5) is 0 Å². The average molecular weight is 478 g/mol. The number of fused-ring (bicyclic) bond motifs is 6. The molecule has 0 aliphatic rings. The second-order valence-corrected chi connectivity index (χ2v) is 10.9. The summed E-state index contributed by atoms with van der Waals surface area (Å²) in [5, 5.41) is 5.27. The lowest BCUT2D eigenvalue weighted by Gasteiger charge is -2.23. The van der Waals surface area contributed by atoms with E-state index in [1.54, 1.807) is 6.07 Å². The molecular formula is C33H32N2O. The van der Waals surface area contributed by atoms with Crippen molar-refractivity contribution >= 4 is 43.6 Å². The smallest absolute Gasteiger partial charge is 0.231 e. The minimum absolute atomic E-state index is 0.165. The van der Waals surface area contributed by atoms with E-state index in [0.29, 0.717) is 22.2 Å². The summed E-state index contributed by atoms with van der Waals surface area (Å²) < 4.78 is 47.7. The van der Waals surface area contributed by atoms with E-state index in [1.165, 1.54) is 0 Å². The fraction of sp³-hybridized carbons (Fsp3) is 0.273. The van der Waals surface area contributed by atoms with Crippen LogP contribution in [0.3, 0.4) is 0 Å². The highest BCUT2D eigenvalue weighted by Crippen LogP contribution is 2.41. The molecule has 0 atom stereocenters. The van der Waals surface area contributed by atoms with Gasteiger partial charge in [0.05, 0.1) is 11.1 Å². The largest absolute Gasteiger partial charge is 0.437 e. The molecule has 0 radical (unpaired) electrons. The molecule has 180 valence electrons. The van der Waals surface area contributed by atoms with Crippen molar-refractivity contribution in [3.63, 3.8) is 0 Å². The van der Waals surface area contributed by atoms with Crippen LogP contribution in [0.25, 0.3) is 54.9 Å². The molecule has 0 amide bonds. The second-order valence-electron chi connectivity index (χ2n) is 10.9. The summed E-state index contributed by atoms with van der Waals surface area (Å²) in [5.41, 5.74) is 3.68. The molecule has 4 aromatic carbocycles. The molecule has 0 spiro atoms. The van der Waals surface area contributed by atoms with Crippen LogP contribution < -0.4 is 0 Å². The Morgan fingerprint density at radius 2 is 1.67 bits per heavy atom. The van der Waals surface area contributed by atoms with Crippen LogP contribution >= 0.6 is 0 Å². The molecule has 3 nitrogen and oxygen atoms in total. The van der Waals surface area contributed by atoms with E-state index in [-0.39, 0.29) is 22.9 Å². The van der Waals surface area contributed by atoms with Gasteiger partial charge in [0.15, 0.2) is 0 Å². The van der Waals surface area contributed by atoms with E-state index in [2.05, 4.69) is 55.0 Å². The monoisotopic (exact) mass is 477 g/mol. The lowest BCUT2D eigenvalue weighted by Crippen LogP contribution is -2.12. The minimum atomic E-state index is -2.52. The van der Waals surface area contributed by atoms with E-state index in [0.717, 1.165) is 38.1 Å². The van der Waals surface area contributed by atoms with Gasteiger partial charge in [-0.15, -0.1) is 0 Å². The third kappa shape index (κ3) is 3.74. The Morgan fingerprint density at radius 1 is 0.889 bits per heavy atom. The summed E-state index contributed by atoms with van der Waals surface area (Å²) in [4.78, 5) is 9.05. The van der Waals surface area contributed by atoms with Crippen molar-refractivity contribution in [1.29, 1.82) is 0 Å². The zero-order valence-electron chi connectivity index (χ0n) is 26.2. The number of benzene rings is 4. The molecule has 0 N–H and O–H groups in total. The maximum atomic E-state index is 8.54. The van der Waals surface area contributed by atoms with Gasteiger partial charge in [0, 0.05) is 23.2 Å². The number of hydrogen-bond acceptors (Lipinski definition) is 3. The van der Waals surface area contributed by atoms with Gasteiger partial charge >= 0.3 is 0 Å². The third-order valence-electron chi connectivity index (χ3n) is 6.71. The summed E-state index contributed by atoms with van der Waals surface area (Å²) in [6, 6.07) is 21.8. The highest BCUT2D eigenvalue weighted by molar-refractivity contribution is 6.18. The minimum Gasteiger partial charge on any atom is -0.437 e. The molecule has 6 aromatic rings. The third-order valence-corrected chi connectivity index (χ3v) is 6.71. The summed E-state index contributed by atoms with van der Waals surface area (Å²) >= 11 is 0. The van der Waals surface area contributed by atoms with Gasteiger partial charge in [-0.3, -0.25) is 0 Å². The molecule has 0 fully saturated rings. The van der Waals surface area contributed by atoms with Crippen LogP contribution in [-0.4, -0.2) is 9.97 Å². The Bertz CT molecular complexity index is 1980. The number of rotatable bonds is 3. The van der Waals surface area contributed by atoms with E-state index < -0.39 is 13.2 Å². The van der Waals surface area contributed by atoms with Gasteiger partial charge in [-0.1, -0.05) is 83.1 Å². The van der Waals surface area contributed by atoms with Crippen LogP contribution in [0.1, 0.15) is 58.4 Å². The maximum absolute atomic E-state index is 8.54. The van der Waals surface area contributed by atoms with Crippen molar-refractivity contribution in [2.24, 2.45) is 5.92 Å².